The van der Waals surface area contributed by atoms with Gasteiger partial charge >= 0.3 is 0 Å². The Labute approximate surface area is 59.7 Å². The summed E-state index contributed by atoms with van der Waals surface area (Å²) < 4.78 is 0. The SMILES string of the molecule is CCc1nnnnc1CC. The maximum atomic E-state index is 3.84. The van der Waals surface area contributed by atoms with Gasteiger partial charge in [0.15, 0.2) is 0 Å². The fraction of sp³-hybridized carbons (Fsp3) is 0.667. The largest absolute Gasteiger partial charge is 0.132 e. The van der Waals surface area contributed by atoms with Crippen molar-refractivity contribution in [1.29, 1.82) is 0 Å². The molecule has 4 nitrogen and oxygen atoms in total. The Hall–Kier alpha value is -1.06. The molecule has 0 aliphatic carbocycles. The molecule has 1 aromatic rings. The maximum absolute atomic E-state index is 3.84. The molecule has 0 aliphatic rings. The summed E-state index contributed by atoms with van der Waals surface area (Å²) in [5.41, 5.74) is 1.91. The molecule has 0 spiro atoms. The van der Waals surface area contributed by atoms with Gasteiger partial charge in [-0.1, -0.05) is 13.8 Å². The van der Waals surface area contributed by atoms with Crippen molar-refractivity contribution in [2.24, 2.45) is 0 Å². The third kappa shape index (κ3) is 1.26. The van der Waals surface area contributed by atoms with Crippen LogP contribution >= 0.6 is 0 Å². The molecule has 4 heteroatoms. The topological polar surface area (TPSA) is 51.6 Å². The second-order valence-corrected chi connectivity index (χ2v) is 1.98. The lowest BCUT2D eigenvalue weighted by molar-refractivity contribution is 0.690. The third-order valence-electron chi connectivity index (χ3n) is 1.37. The first-order valence-corrected chi connectivity index (χ1v) is 3.42. The molecule has 0 unspecified atom stereocenters. The Balaban J connectivity index is 2.96. The molecule has 1 rings (SSSR count). The van der Waals surface area contributed by atoms with Gasteiger partial charge in [-0.15, -0.1) is 10.2 Å². The van der Waals surface area contributed by atoms with Crippen molar-refractivity contribution in [3.05, 3.63) is 11.4 Å². The molecule has 0 aromatic carbocycles. The molecule has 1 heterocycles. The summed E-state index contributed by atoms with van der Waals surface area (Å²) >= 11 is 0. The van der Waals surface area contributed by atoms with Gasteiger partial charge in [0, 0.05) is 0 Å². The third-order valence-corrected chi connectivity index (χ3v) is 1.37. The second kappa shape index (κ2) is 3.20. The zero-order valence-corrected chi connectivity index (χ0v) is 6.20. The highest BCUT2D eigenvalue weighted by molar-refractivity contribution is 5.05. The predicted molar refractivity (Wildman–Crippen MR) is 36.4 cm³/mol. The molecule has 54 valence electrons. The molecule has 0 saturated carbocycles. The number of rotatable bonds is 2. The fourth-order valence-corrected chi connectivity index (χ4v) is 0.813. The number of aromatic nitrogens is 4. The summed E-state index contributed by atoms with van der Waals surface area (Å²) in [7, 11) is 0. The Bertz CT molecular complexity index is 188. The van der Waals surface area contributed by atoms with Crippen molar-refractivity contribution in [2.45, 2.75) is 26.7 Å². The molecule has 0 radical (unpaired) electrons. The molecule has 0 saturated heterocycles. The molecule has 0 amide bonds. The average Bonchev–Trinajstić information content (AvgIpc) is 2.04. The smallest absolute Gasteiger partial charge is 0.0880 e. The van der Waals surface area contributed by atoms with Crippen LogP contribution in [0.1, 0.15) is 25.2 Å². The Morgan fingerprint density at radius 3 is 1.60 bits per heavy atom. The first kappa shape index (κ1) is 7.05. The zero-order chi connectivity index (χ0) is 7.40. The Morgan fingerprint density at radius 1 is 0.900 bits per heavy atom. The van der Waals surface area contributed by atoms with Crippen LogP contribution in [0.4, 0.5) is 0 Å². The molecular weight excluding hydrogens is 128 g/mol. The Kier molecular flexibility index (Phi) is 2.25. The van der Waals surface area contributed by atoms with Crippen molar-refractivity contribution < 1.29 is 0 Å². The normalized spacial score (nSPS) is 9.80. The number of aryl methyl sites for hydroxylation is 2. The minimum atomic E-state index is 0.881. The monoisotopic (exact) mass is 138 g/mol. The molecule has 0 aliphatic heterocycles. The van der Waals surface area contributed by atoms with Gasteiger partial charge in [0.1, 0.15) is 0 Å². The van der Waals surface area contributed by atoms with E-state index in [9.17, 15) is 0 Å². The van der Waals surface area contributed by atoms with Gasteiger partial charge in [-0.3, -0.25) is 0 Å². The van der Waals surface area contributed by atoms with E-state index in [1.165, 1.54) is 0 Å². The number of nitrogens with zero attached hydrogens (tertiary/aromatic N) is 4. The van der Waals surface area contributed by atoms with Crippen LogP contribution in [0, 0.1) is 0 Å². The van der Waals surface area contributed by atoms with Crippen LogP contribution in [0.5, 0.6) is 0 Å². The highest BCUT2D eigenvalue weighted by atomic mass is 15.4. The summed E-state index contributed by atoms with van der Waals surface area (Å²) in [5, 5.41) is 14.6. The standard InChI is InChI=1S/C6H10N4/c1-3-5-6(4-2)8-10-9-7-5/h3-4H2,1-2H3. The van der Waals surface area contributed by atoms with Crippen LogP contribution in [0.25, 0.3) is 0 Å². The summed E-state index contributed by atoms with van der Waals surface area (Å²) in [6.45, 7) is 4.07. The number of hydrogen-bond acceptors (Lipinski definition) is 4. The molecule has 0 atom stereocenters. The maximum Gasteiger partial charge on any atom is 0.0880 e. The van der Waals surface area contributed by atoms with Crippen molar-refractivity contribution >= 4 is 0 Å². The van der Waals surface area contributed by atoms with Gasteiger partial charge in [-0.2, -0.15) is 0 Å². The summed E-state index contributed by atoms with van der Waals surface area (Å²) in [6, 6.07) is 0. The highest BCUT2D eigenvalue weighted by Gasteiger charge is 2.00. The van der Waals surface area contributed by atoms with E-state index in [-0.39, 0.29) is 0 Å². The van der Waals surface area contributed by atoms with Crippen LogP contribution in [0.3, 0.4) is 0 Å². The van der Waals surface area contributed by atoms with Gasteiger partial charge in [0.2, 0.25) is 0 Å². The molecule has 10 heavy (non-hydrogen) atoms. The van der Waals surface area contributed by atoms with Gasteiger partial charge in [0.25, 0.3) is 0 Å². The van der Waals surface area contributed by atoms with E-state index in [1.807, 2.05) is 13.8 Å². The van der Waals surface area contributed by atoms with Crippen molar-refractivity contribution in [3.63, 3.8) is 0 Å². The van der Waals surface area contributed by atoms with E-state index in [1.54, 1.807) is 0 Å². The zero-order valence-electron chi connectivity index (χ0n) is 6.20. The lowest BCUT2D eigenvalue weighted by Crippen LogP contribution is -2.03. The number of hydrogen-bond donors (Lipinski definition) is 0. The quantitative estimate of drug-likeness (QED) is 0.593. The van der Waals surface area contributed by atoms with Gasteiger partial charge in [-0.05, 0) is 23.3 Å². The van der Waals surface area contributed by atoms with Crippen molar-refractivity contribution in [1.82, 2.24) is 20.6 Å². The summed E-state index contributed by atoms with van der Waals surface area (Å²) in [6.07, 6.45) is 1.76. The van der Waals surface area contributed by atoms with E-state index in [0.29, 0.717) is 0 Å². The van der Waals surface area contributed by atoms with E-state index < -0.39 is 0 Å². The van der Waals surface area contributed by atoms with E-state index in [0.717, 1.165) is 24.2 Å². The van der Waals surface area contributed by atoms with Crippen LogP contribution < -0.4 is 0 Å². The van der Waals surface area contributed by atoms with Gasteiger partial charge in [0.05, 0.1) is 11.4 Å². The van der Waals surface area contributed by atoms with Crippen LogP contribution in [-0.2, 0) is 12.8 Å². The summed E-state index contributed by atoms with van der Waals surface area (Å²) in [4.78, 5) is 0. The van der Waals surface area contributed by atoms with Crippen LogP contribution in [0.2, 0.25) is 0 Å². The lowest BCUT2D eigenvalue weighted by atomic mass is 10.2. The predicted octanol–water partition coefficient (Wildman–Crippen LogP) is 0.391. The molecule has 0 N–H and O–H groups in total. The Morgan fingerprint density at radius 2 is 1.30 bits per heavy atom. The molecule has 0 fully saturated rings. The first-order chi connectivity index (χ1) is 4.88. The minimum absolute atomic E-state index is 0.881. The van der Waals surface area contributed by atoms with E-state index >= 15 is 0 Å². The molecule has 1 aromatic heterocycles. The second-order valence-electron chi connectivity index (χ2n) is 1.98. The van der Waals surface area contributed by atoms with E-state index in [4.69, 9.17) is 0 Å². The van der Waals surface area contributed by atoms with Crippen molar-refractivity contribution in [2.75, 3.05) is 0 Å². The lowest BCUT2D eigenvalue weighted by Gasteiger charge is -1.96. The van der Waals surface area contributed by atoms with E-state index in [2.05, 4.69) is 20.6 Å². The van der Waals surface area contributed by atoms with Gasteiger partial charge in [-0.25, -0.2) is 0 Å². The van der Waals surface area contributed by atoms with Gasteiger partial charge < -0.3 is 0 Å². The van der Waals surface area contributed by atoms with Crippen LogP contribution in [0.15, 0.2) is 0 Å². The minimum Gasteiger partial charge on any atom is -0.132 e. The average molecular weight is 138 g/mol. The first-order valence-electron chi connectivity index (χ1n) is 3.42. The van der Waals surface area contributed by atoms with Crippen LogP contribution in [-0.4, -0.2) is 20.6 Å². The molecular formula is C6H10N4. The summed E-state index contributed by atoms with van der Waals surface area (Å²) in [5.74, 6) is 0. The highest BCUT2D eigenvalue weighted by Crippen LogP contribution is 1.99. The van der Waals surface area contributed by atoms with Crippen molar-refractivity contribution in [3.8, 4) is 0 Å². The molecule has 0 bridgehead atoms. The fourth-order valence-electron chi connectivity index (χ4n) is 0.813.